The van der Waals surface area contributed by atoms with E-state index in [0.29, 0.717) is 4.77 Å². The summed E-state index contributed by atoms with van der Waals surface area (Å²) in [4.78, 5) is 4.45. The first-order chi connectivity index (χ1) is 10.1. The van der Waals surface area contributed by atoms with E-state index < -0.39 is 0 Å². The van der Waals surface area contributed by atoms with Gasteiger partial charge in [-0.1, -0.05) is 18.2 Å². The summed E-state index contributed by atoms with van der Waals surface area (Å²) in [6.07, 6.45) is 1.09. The van der Waals surface area contributed by atoms with Crippen LogP contribution < -0.4 is 4.90 Å². The molecule has 1 heterocycles. The highest BCUT2D eigenvalue weighted by Gasteiger charge is 2.14. The number of aromatic amines is 1. The summed E-state index contributed by atoms with van der Waals surface area (Å²) in [5.41, 5.74) is 1.04. The molecule has 0 aliphatic carbocycles. The van der Waals surface area contributed by atoms with Gasteiger partial charge < -0.3 is 9.80 Å². The Morgan fingerprint density at radius 1 is 1.19 bits per heavy atom. The van der Waals surface area contributed by atoms with Gasteiger partial charge in [-0.3, -0.25) is 4.57 Å². The van der Waals surface area contributed by atoms with Crippen molar-refractivity contribution in [1.82, 2.24) is 19.7 Å². The second-order valence-electron chi connectivity index (χ2n) is 5.24. The quantitative estimate of drug-likeness (QED) is 0.799. The second kappa shape index (κ2) is 7.38. The van der Waals surface area contributed by atoms with Crippen LogP contribution in [0, 0.1) is 4.77 Å². The fourth-order valence-corrected chi connectivity index (χ4v) is 2.52. The van der Waals surface area contributed by atoms with Crippen LogP contribution in [-0.4, -0.2) is 53.4 Å². The summed E-state index contributed by atoms with van der Waals surface area (Å²) in [6.45, 7) is 5.07. The number of anilines is 1. The first-order valence-electron chi connectivity index (χ1n) is 7.26. The molecular weight excluding hydrogens is 282 g/mol. The fourth-order valence-electron chi connectivity index (χ4n) is 2.29. The third-order valence-electron chi connectivity index (χ3n) is 3.37. The van der Waals surface area contributed by atoms with Crippen molar-refractivity contribution in [3.8, 4) is 5.69 Å². The molecule has 0 unspecified atom stereocenters. The minimum Gasteiger partial charge on any atom is -0.341 e. The van der Waals surface area contributed by atoms with Gasteiger partial charge in [0, 0.05) is 13.1 Å². The predicted molar refractivity (Wildman–Crippen MR) is 89.8 cm³/mol. The van der Waals surface area contributed by atoms with Crippen LogP contribution in [0.25, 0.3) is 5.69 Å². The molecule has 0 radical (unpaired) electrons. The van der Waals surface area contributed by atoms with Gasteiger partial charge in [0.15, 0.2) is 0 Å². The van der Waals surface area contributed by atoms with Crippen molar-refractivity contribution in [3.05, 3.63) is 35.1 Å². The van der Waals surface area contributed by atoms with Gasteiger partial charge in [0.1, 0.15) is 0 Å². The molecule has 5 nitrogen and oxygen atoms in total. The average molecular weight is 305 g/mol. The molecule has 1 N–H and O–H groups in total. The minimum atomic E-state index is 0.627. The van der Waals surface area contributed by atoms with Gasteiger partial charge >= 0.3 is 0 Å². The molecule has 6 heteroatoms. The van der Waals surface area contributed by atoms with E-state index in [2.05, 4.69) is 41.0 Å². The van der Waals surface area contributed by atoms with Gasteiger partial charge in [0.25, 0.3) is 0 Å². The van der Waals surface area contributed by atoms with Gasteiger partial charge in [-0.25, -0.2) is 5.10 Å². The lowest BCUT2D eigenvalue weighted by Gasteiger charge is -2.23. The normalized spacial score (nSPS) is 11.0. The number of para-hydroxylation sites is 1. The molecule has 2 aromatic rings. The Morgan fingerprint density at radius 2 is 1.90 bits per heavy atom. The maximum Gasteiger partial charge on any atom is 0.230 e. The molecule has 0 saturated heterocycles. The molecule has 0 fully saturated rings. The fraction of sp³-hybridized carbons (Fsp3) is 0.467. The minimum absolute atomic E-state index is 0.627. The Bertz CT molecular complexity index is 602. The van der Waals surface area contributed by atoms with Crippen molar-refractivity contribution in [2.75, 3.05) is 38.6 Å². The highest BCUT2D eigenvalue weighted by molar-refractivity contribution is 7.71. The van der Waals surface area contributed by atoms with E-state index in [1.807, 2.05) is 34.9 Å². The molecular formula is C15H23N5S. The third kappa shape index (κ3) is 3.92. The zero-order valence-electron chi connectivity index (χ0n) is 12.9. The highest BCUT2D eigenvalue weighted by Crippen LogP contribution is 2.18. The second-order valence-corrected chi connectivity index (χ2v) is 5.62. The number of nitrogens with one attached hydrogen (secondary N) is 1. The van der Waals surface area contributed by atoms with Crippen molar-refractivity contribution in [2.24, 2.45) is 0 Å². The summed E-state index contributed by atoms with van der Waals surface area (Å²) in [7, 11) is 4.19. The first kappa shape index (κ1) is 15.7. The SMILES string of the molecule is CCN(CCCN(C)C)c1n[nH]c(=S)n1-c1ccccc1. The Labute approximate surface area is 131 Å². The zero-order chi connectivity index (χ0) is 15.2. The van der Waals surface area contributed by atoms with Crippen molar-refractivity contribution < 1.29 is 0 Å². The number of aromatic nitrogens is 3. The lowest BCUT2D eigenvalue weighted by atomic mass is 10.3. The maximum absolute atomic E-state index is 5.39. The Balaban J connectivity index is 2.25. The summed E-state index contributed by atoms with van der Waals surface area (Å²) in [5, 5.41) is 7.33. The van der Waals surface area contributed by atoms with Crippen LogP contribution in [0.1, 0.15) is 13.3 Å². The van der Waals surface area contributed by atoms with Crippen molar-refractivity contribution in [3.63, 3.8) is 0 Å². The smallest absolute Gasteiger partial charge is 0.230 e. The number of nitrogens with zero attached hydrogens (tertiary/aromatic N) is 4. The lowest BCUT2D eigenvalue weighted by molar-refractivity contribution is 0.400. The first-order valence-corrected chi connectivity index (χ1v) is 7.66. The van der Waals surface area contributed by atoms with E-state index in [0.717, 1.165) is 37.7 Å². The molecule has 0 saturated carbocycles. The van der Waals surface area contributed by atoms with Gasteiger partial charge in [0.2, 0.25) is 10.7 Å². The van der Waals surface area contributed by atoms with Crippen LogP contribution in [0.3, 0.4) is 0 Å². The van der Waals surface area contributed by atoms with Crippen molar-refractivity contribution >= 4 is 18.2 Å². The summed E-state index contributed by atoms with van der Waals surface area (Å²) < 4.78 is 2.62. The molecule has 1 aromatic heterocycles. The number of hydrogen-bond donors (Lipinski definition) is 1. The lowest BCUT2D eigenvalue weighted by Crippen LogP contribution is -2.29. The van der Waals surface area contributed by atoms with E-state index in [1.165, 1.54) is 0 Å². The van der Waals surface area contributed by atoms with Gasteiger partial charge in [-0.05, 0) is 58.3 Å². The van der Waals surface area contributed by atoms with E-state index in [1.54, 1.807) is 0 Å². The topological polar surface area (TPSA) is 40.1 Å². The standard InChI is InChI=1S/C15H23N5S/c1-4-19(12-8-11-18(2)3)14-16-17-15(21)20(14)13-9-6-5-7-10-13/h5-7,9-10H,4,8,11-12H2,1-3H3,(H,17,21). The van der Waals surface area contributed by atoms with Gasteiger partial charge in [-0.15, -0.1) is 5.10 Å². The number of H-pyrrole nitrogens is 1. The molecule has 21 heavy (non-hydrogen) atoms. The van der Waals surface area contributed by atoms with Crippen LogP contribution >= 0.6 is 12.2 Å². The molecule has 0 atom stereocenters. The summed E-state index contributed by atoms with van der Waals surface area (Å²) in [6, 6.07) is 10.1. The number of rotatable bonds is 7. The van der Waals surface area contributed by atoms with Crippen LogP contribution in [0.15, 0.2) is 30.3 Å². The zero-order valence-corrected chi connectivity index (χ0v) is 13.7. The predicted octanol–water partition coefficient (Wildman–Crippen LogP) is 2.71. The van der Waals surface area contributed by atoms with Crippen LogP contribution in [-0.2, 0) is 0 Å². The van der Waals surface area contributed by atoms with E-state index in [-0.39, 0.29) is 0 Å². The molecule has 114 valence electrons. The van der Waals surface area contributed by atoms with Crippen molar-refractivity contribution in [1.29, 1.82) is 0 Å². The van der Waals surface area contributed by atoms with E-state index in [4.69, 9.17) is 12.2 Å². The molecule has 0 amide bonds. The Morgan fingerprint density at radius 3 is 2.52 bits per heavy atom. The maximum atomic E-state index is 5.39. The molecule has 1 aromatic carbocycles. The number of benzene rings is 1. The van der Waals surface area contributed by atoms with Gasteiger partial charge in [0.05, 0.1) is 5.69 Å². The van der Waals surface area contributed by atoms with E-state index in [9.17, 15) is 0 Å². The van der Waals surface area contributed by atoms with Crippen LogP contribution in [0.5, 0.6) is 0 Å². The van der Waals surface area contributed by atoms with Gasteiger partial charge in [-0.2, -0.15) is 0 Å². The van der Waals surface area contributed by atoms with Crippen LogP contribution in [0.4, 0.5) is 5.95 Å². The third-order valence-corrected chi connectivity index (χ3v) is 3.64. The van der Waals surface area contributed by atoms with E-state index >= 15 is 0 Å². The van der Waals surface area contributed by atoms with Crippen molar-refractivity contribution in [2.45, 2.75) is 13.3 Å². The molecule has 0 aliphatic heterocycles. The Hall–Kier alpha value is -1.66. The summed E-state index contributed by atoms with van der Waals surface area (Å²) >= 11 is 5.39. The molecule has 0 aliphatic rings. The molecule has 2 rings (SSSR count). The molecule has 0 spiro atoms. The van der Waals surface area contributed by atoms with Crippen LogP contribution in [0.2, 0.25) is 0 Å². The monoisotopic (exact) mass is 305 g/mol. The highest BCUT2D eigenvalue weighted by atomic mass is 32.1. The Kier molecular flexibility index (Phi) is 5.52. The number of hydrogen-bond acceptors (Lipinski definition) is 4. The molecule has 0 bridgehead atoms. The largest absolute Gasteiger partial charge is 0.341 e. The average Bonchev–Trinajstić information content (AvgIpc) is 2.86. The summed E-state index contributed by atoms with van der Waals surface area (Å²) in [5.74, 6) is 0.882.